The Bertz CT molecular complexity index is 949. The van der Waals surface area contributed by atoms with Gasteiger partial charge in [0.15, 0.2) is 5.13 Å². The molecule has 3 rings (SSSR count). The summed E-state index contributed by atoms with van der Waals surface area (Å²) < 4.78 is 67.0. The Morgan fingerprint density at radius 2 is 1.80 bits per heavy atom. The predicted octanol–water partition coefficient (Wildman–Crippen LogP) is 4.57. The molecule has 0 saturated carbocycles. The molecule has 0 radical (unpaired) electrons. The van der Waals surface area contributed by atoms with Gasteiger partial charge in [-0.15, -0.1) is 35.8 Å². The molecule has 0 aliphatic rings. The lowest BCUT2D eigenvalue weighted by atomic mass is 10.3. The number of hydrogen-bond acceptors (Lipinski definition) is 6. The summed E-state index contributed by atoms with van der Waals surface area (Å²) in [6, 6.07) is 7.63. The number of aromatic nitrogens is 1. The Morgan fingerprint density at radius 1 is 1.08 bits per heavy atom. The summed E-state index contributed by atoms with van der Waals surface area (Å²) in [6.45, 7) is 0. The van der Waals surface area contributed by atoms with Gasteiger partial charge in [-0.25, -0.2) is 13.4 Å². The molecule has 3 aromatic rings. The van der Waals surface area contributed by atoms with Crippen molar-refractivity contribution in [1.29, 1.82) is 0 Å². The average Bonchev–Trinajstić information content (AvgIpc) is 3.16. The second-order valence-corrected chi connectivity index (χ2v) is 8.13. The van der Waals surface area contributed by atoms with Crippen LogP contribution in [0.5, 0.6) is 5.75 Å². The van der Waals surface area contributed by atoms with Crippen molar-refractivity contribution in [2.75, 3.05) is 4.72 Å². The van der Waals surface area contributed by atoms with Gasteiger partial charge < -0.3 is 4.74 Å². The van der Waals surface area contributed by atoms with Gasteiger partial charge in [-0.05, 0) is 35.7 Å². The zero-order valence-electron chi connectivity index (χ0n) is 12.1. The Kier molecular flexibility index (Phi) is 4.71. The van der Waals surface area contributed by atoms with Gasteiger partial charge in [0.05, 0.1) is 15.5 Å². The maximum Gasteiger partial charge on any atom is 0.573 e. The van der Waals surface area contributed by atoms with Crippen LogP contribution in [0.2, 0.25) is 0 Å². The molecular weight excluding hydrogens is 397 g/mol. The molecule has 1 N–H and O–H groups in total. The normalized spacial score (nSPS) is 12.1. The number of anilines is 1. The van der Waals surface area contributed by atoms with Crippen LogP contribution in [0.25, 0.3) is 10.6 Å². The number of hydrogen-bond donors (Lipinski definition) is 1. The first-order chi connectivity index (χ1) is 11.7. The molecule has 2 aromatic heterocycles. The molecule has 11 heteroatoms. The second-order valence-electron chi connectivity index (χ2n) is 4.64. The molecule has 0 saturated heterocycles. The van der Waals surface area contributed by atoms with E-state index >= 15 is 0 Å². The van der Waals surface area contributed by atoms with Crippen LogP contribution in [0, 0.1) is 0 Å². The summed E-state index contributed by atoms with van der Waals surface area (Å²) in [4.78, 5) is 4.89. The van der Waals surface area contributed by atoms with E-state index in [0.717, 1.165) is 40.5 Å². The van der Waals surface area contributed by atoms with Gasteiger partial charge in [0, 0.05) is 5.38 Å². The fourth-order valence-corrected chi connectivity index (χ4v) is 4.58. The first-order valence-electron chi connectivity index (χ1n) is 6.61. The van der Waals surface area contributed by atoms with Crippen LogP contribution in [-0.2, 0) is 10.0 Å². The number of nitrogens with one attached hydrogen (secondary N) is 1. The van der Waals surface area contributed by atoms with Crippen molar-refractivity contribution in [2.45, 2.75) is 11.3 Å². The van der Waals surface area contributed by atoms with Gasteiger partial charge >= 0.3 is 6.36 Å². The van der Waals surface area contributed by atoms with E-state index < -0.39 is 22.1 Å². The topological polar surface area (TPSA) is 68.3 Å². The van der Waals surface area contributed by atoms with Gasteiger partial charge in [0.25, 0.3) is 10.0 Å². The molecule has 25 heavy (non-hydrogen) atoms. The van der Waals surface area contributed by atoms with Crippen molar-refractivity contribution in [2.24, 2.45) is 0 Å². The van der Waals surface area contributed by atoms with Crippen molar-refractivity contribution >= 4 is 37.8 Å². The molecule has 0 fully saturated rings. The number of halogens is 3. The molecule has 0 aliphatic heterocycles. The summed E-state index contributed by atoms with van der Waals surface area (Å²) in [5.74, 6) is -0.499. The Hall–Kier alpha value is -2.11. The summed E-state index contributed by atoms with van der Waals surface area (Å²) >= 11 is 2.58. The van der Waals surface area contributed by atoms with Gasteiger partial charge in [0.2, 0.25) is 0 Å². The highest BCUT2D eigenvalue weighted by Gasteiger charge is 2.31. The van der Waals surface area contributed by atoms with Crippen LogP contribution in [0.15, 0.2) is 52.1 Å². The molecule has 1 aromatic carbocycles. The molecule has 0 bridgehead atoms. The summed E-state index contributed by atoms with van der Waals surface area (Å²) in [5, 5.41) is 3.76. The van der Waals surface area contributed by atoms with E-state index in [2.05, 4.69) is 14.4 Å². The number of rotatable bonds is 5. The third-order valence-electron chi connectivity index (χ3n) is 2.87. The highest BCUT2D eigenvalue weighted by atomic mass is 32.2. The molecule has 0 amide bonds. The largest absolute Gasteiger partial charge is 0.573 e. The Balaban J connectivity index is 1.76. The minimum absolute atomic E-state index is 0.166. The van der Waals surface area contributed by atoms with Gasteiger partial charge in [-0.3, -0.25) is 4.72 Å². The standard InChI is InChI=1S/C14H9F3N2O3S3/c15-14(16,17)22-9-3-5-10(6-4-9)25(20,21)19-13-18-11(8-24-13)12-2-1-7-23-12/h1-8H,(H,18,19). The van der Waals surface area contributed by atoms with Gasteiger partial charge in [-0.1, -0.05) is 6.07 Å². The molecule has 2 heterocycles. The highest BCUT2D eigenvalue weighted by molar-refractivity contribution is 7.93. The number of ether oxygens (including phenoxy) is 1. The second kappa shape index (κ2) is 6.65. The third kappa shape index (κ3) is 4.50. The average molecular weight is 406 g/mol. The quantitative estimate of drug-likeness (QED) is 0.674. The molecular formula is C14H9F3N2O3S3. The van der Waals surface area contributed by atoms with E-state index in [0.29, 0.717) is 5.69 Å². The third-order valence-corrected chi connectivity index (χ3v) is 6.00. The lowest BCUT2D eigenvalue weighted by molar-refractivity contribution is -0.274. The van der Waals surface area contributed by atoms with Crippen molar-refractivity contribution in [1.82, 2.24) is 4.98 Å². The van der Waals surface area contributed by atoms with E-state index in [1.54, 1.807) is 5.38 Å². The van der Waals surface area contributed by atoms with Gasteiger partial charge in [0.1, 0.15) is 5.75 Å². The van der Waals surface area contributed by atoms with E-state index in [9.17, 15) is 21.6 Å². The minimum Gasteiger partial charge on any atom is -0.406 e. The highest BCUT2D eigenvalue weighted by Crippen LogP contribution is 2.30. The van der Waals surface area contributed by atoms with Crippen molar-refractivity contribution in [3.05, 3.63) is 47.2 Å². The van der Waals surface area contributed by atoms with E-state index in [-0.39, 0.29) is 10.0 Å². The van der Waals surface area contributed by atoms with Gasteiger partial charge in [-0.2, -0.15) is 0 Å². The van der Waals surface area contributed by atoms with E-state index in [4.69, 9.17) is 0 Å². The molecule has 132 valence electrons. The Morgan fingerprint density at radius 3 is 2.40 bits per heavy atom. The van der Waals surface area contributed by atoms with Crippen LogP contribution in [0.3, 0.4) is 0 Å². The van der Waals surface area contributed by atoms with Crippen LogP contribution in [0.1, 0.15) is 0 Å². The minimum atomic E-state index is -4.84. The summed E-state index contributed by atoms with van der Waals surface area (Å²) in [7, 11) is -3.96. The smallest absolute Gasteiger partial charge is 0.406 e. The van der Waals surface area contributed by atoms with Crippen LogP contribution >= 0.6 is 22.7 Å². The number of alkyl halides is 3. The zero-order valence-corrected chi connectivity index (χ0v) is 14.6. The monoisotopic (exact) mass is 406 g/mol. The Labute approximate surface area is 148 Å². The lowest BCUT2D eigenvalue weighted by Crippen LogP contribution is -2.17. The number of sulfonamides is 1. The lowest BCUT2D eigenvalue weighted by Gasteiger charge is -2.09. The molecule has 5 nitrogen and oxygen atoms in total. The fourth-order valence-electron chi connectivity index (χ4n) is 1.85. The fraction of sp³-hybridized carbons (Fsp3) is 0.0714. The number of thiazole rings is 1. The van der Waals surface area contributed by atoms with E-state index in [1.165, 1.54) is 11.3 Å². The maximum atomic E-state index is 12.3. The van der Waals surface area contributed by atoms with E-state index in [1.807, 2.05) is 17.5 Å². The molecule has 0 unspecified atom stereocenters. The maximum absolute atomic E-state index is 12.3. The van der Waals surface area contributed by atoms with Crippen molar-refractivity contribution < 1.29 is 26.3 Å². The van der Waals surface area contributed by atoms with Crippen molar-refractivity contribution in [3.63, 3.8) is 0 Å². The number of thiophene rings is 1. The zero-order chi connectivity index (χ0) is 18.1. The summed E-state index contributed by atoms with van der Waals surface area (Å²) in [6.07, 6.45) is -4.84. The SMILES string of the molecule is O=S(=O)(Nc1nc(-c2cccs2)cs1)c1ccc(OC(F)(F)F)cc1. The number of benzene rings is 1. The van der Waals surface area contributed by atoms with Crippen LogP contribution in [0.4, 0.5) is 18.3 Å². The first-order valence-corrected chi connectivity index (χ1v) is 9.85. The number of nitrogens with zero attached hydrogens (tertiary/aromatic N) is 1. The van der Waals surface area contributed by atoms with Crippen LogP contribution in [-0.4, -0.2) is 19.8 Å². The molecule has 0 spiro atoms. The van der Waals surface area contributed by atoms with Crippen molar-refractivity contribution in [3.8, 4) is 16.3 Å². The van der Waals surface area contributed by atoms with Crippen LogP contribution < -0.4 is 9.46 Å². The first kappa shape index (κ1) is 17.7. The predicted molar refractivity (Wildman–Crippen MR) is 89.4 cm³/mol. The molecule has 0 aliphatic carbocycles. The summed E-state index contributed by atoms with van der Waals surface area (Å²) in [5.41, 5.74) is 0.645. The molecule has 0 atom stereocenters.